The zero-order chi connectivity index (χ0) is 9.42. The topological polar surface area (TPSA) is 26.0 Å². The Morgan fingerprint density at radius 1 is 1.38 bits per heavy atom. The number of fused-ring (bicyclic) bond motifs is 1. The molecule has 0 bridgehead atoms. The van der Waals surface area contributed by atoms with Gasteiger partial charge in [0.2, 0.25) is 0 Å². The van der Waals surface area contributed by atoms with Crippen LogP contribution in [-0.2, 0) is 0 Å². The summed E-state index contributed by atoms with van der Waals surface area (Å²) in [6.45, 7) is 1.55. The molecule has 0 spiro atoms. The normalized spacial score (nSPS) is 13.4. The summed E-state index contributed by atoms with van der Waals surface area (Å²) in [7, 11) is 0. The number of nitrogens with two attached hydrogens (primary N) is 1. The number of rotatable bonds is 1. The molecule has 0 saturated heterocycles. The maximum Gasteiger partial charge on any atom is 0.131 e. The number of thiophene rings is 1. The van der Waals surface area contributed by atoms with Crippen LogP contribution in [0.2, 0.25) is 0 Å². The molecule has 13 heavy (non-hydrogen) atoms. The van der Waals surface area contributed by atoms with Gasteiger partial charge in [0, 0.05) is 15.3 Å². The summed E-state index contributed by atoms with van der Waals surface area (Å²) in [6, 6.07) is 7.51. The third kappa shape index (κ3) is 1.52. The first kappa shape index (κ1) is 8.51. The Hall–Kier alpha value is -1.09. The van der Waals surface area contributed by atoms with Crippen LogP contribution in [0.25, 0.3) is 10.1 Å². The fourth-order valence-electron chi connectivity index (χ4n) is 1.28. The molecule has 0 fully saturated rings. The van der Waals surface area contributed by atoms with E-state index in [-0.39, 0.29) is 0 Å². The average molecular weight is 195 g/mol. The molecule has 0 aliphatic heterocycles. The van der Waals surface area contributed by atoms with Gasteiger partial charge in [-0.3, -0.25) is 0 Å². The summed E-state index contributed by atoms with van der Waals surface area (Å²) in [5, 5.41) is 1.03. The molecule has 2 rings (SSSR count). The molecule has 1 aromatic heterocycles. The van der Waals surface area contributed by atoms with Gasteiger partial charge in [0.25, 0.3) is 0 Å². The predicted molar refractivity (Wildman–Crippen MR) is 55.8 cm³/mol. The molecule has 1 unspecified atom stereocenters. The Balaban J connectivity index is 2.62. The SMILES string of the molecule is CC(F)c1cc2cc(N)ccc2s1. The number of alkyl halides is 1. The molecular weight excluding hydrogens is 185 g/mol. The highest BCUT2D eigenvalue weighted by molar-refractivity contribution is 7.19. The summed E-state index contributed by atoms with van der Waals surface area (Å²) in [4.78, 5) is 0.764. The van der Waals surface area contributed by atoms with Gasteiger partial charge in [-0.25, -0.2) is 4.39 Å². The molecule has 1 atom stereocenters. The van der Waals surface area contributed by atoms with Gasteiger partial charge in [0.05, 0.1) is 0 Å². The van der Waals surface area contributed by atoms with Crippen molar-refractivity contribution < 1.29 is 4.39 Å². The van der Waals surface area contributed by atoms with E-state index in [1.54, 1.807) is 6.92 Å². The molecule has 1 heterocycles. The van der Waals surface area contributed by atoms with Gasteiger partial charge in [0.1, 0.15) is 6.17 Å². The standard InChI is InChI=1S/C10H10FNS/c1-6(11)10-5-7-4-8(12)2-3-9(7)13-10/h2-6H,12H2,1H3. The van der Waals surface area contributed by atoms with Gasteiger partial charge in [-0.2, -0.15) is 0 Å². The van der Waals surface area contributed by atoms with Crippen molar-refractivity contribution in [2.45, 2.75) is 13.1 Å². The van der Waals surface area contributed by atoms with Gasteiger partial charge in [-0.15, -0.1) is 11.3 Å². The minimum atomic E-state index is -0.890. The van der Waals surface area contributed by atoms with E-state index in [9.17, 15) is 4.39 Å². The van der Waals surface area contributed by atoms with E-state index in [2.05, 4.69) is 0 Å². The summed E-state index contributed by atoms with van der Waals surface area (Å²) in [5.74, 6) is 0. The fourth-order valence-corrected chi connectivity index (χ4v) is 2.25. The van der Waals surface area contributed by atoms with Crippen molar-refractivity contribution in [3.05, 3.63) is 29.1 Å². The highest BCUT2D eigenvalue weighted by atomic mass is 32.1. The van der Waals surface area contributed by atoms with Crippen LogP contribution < -0.4 is 5.73 Å². The van der Waals surface area contributed by atoms with Crippen LogP contribution in [0.3, 0.4) is 0 Å². The lowest BCUT2D eigenvalue weighted by Crippen LogP contribution is -1.80. The minimum Gasteiger partial charge on any atom is -0.399 e. The zero-order valence-electron chi connectivity index (χ0n) is 7.25. The second-order valence-corrected chi connectivity index (χ2v) is 4.18. The van der Waals surface area contributed by atoms with Crippen LogP contribution in [0, 0.1) is 0 Å². The number of hydrogen-bond donors (Lipinski definition) is 1. The van der Waals surface area contributed by atoms with Crippen molar-refractivity contribution in [1.29, 1.82) is 0 Å². The summed E-state index contributed by atoms with van der Waals surface area (Å²) >= 11 is 1.48. The third-order valence-corrected chi connectivity index (χ3v) is 3.22. The molecular formula is C10H10FNS. The zero-order valence-corrected chi connectivity index (χ0v) is 8.07. The maximum absolute atomic E-state index is 13.0. The summed E-state index contributed by atoms with van der Waals surface area (Å²) in [6.07, 6.45) is -0.890. The number of halogens is 1. The molecule has 2 aromatic rings. The van der Waals surface area contributed by atoms with Crippen molar-refractivity contribution in [1.82, 2.24) is 0 Å². The van der Waals surface area contributed by atoms with Crippen LogP contribution in [0.1, 0.15) is 18.0 Å². The smallest absolute Gasteiger partial charge is 0.131 e. The second kappa shape index (κ2) is 3.00. The first-order valence-corrected chi connectivity index (χ1v) is 4.91. The molecule has 0 saturated carbocycles. The average Bonchev–Trinajstić information content (AvgIpc) is 2.46. The van der Waals surface area contributed by atoms with E-state index in [4.69, 9.17) is 5.73 Å². The maximum atomic E-state index is 13.0. The van der Waals surface area contributed by atoms with E-state index in [0.29, 0.717) is 0 Å². The highest BCUT2D eigenvalue weighted by Crippen LogP contribution is 2.32. The molecule has 1 aromatic carbocycles. The number of benzene rings is 1. The van der Waals surface area contributed by atoms with Crippen LogP contribution in [-0.4, -0.2) is 0 Å². The Morgan fingerprint density at radius 2 is 2.15 bits per heavy atom. The van der Waals surface area contributed by atoms with Gasteiger partial charge >= 0.3 is 0 Å². The summed E-state index contributed by atoms with van der Waals surface area (Å²) in [5.41, 5.74) is 6.35. The van der Waals surface area contributed by atoms with E-state index in [0.717, 1.165) is 20.7 Å². The molecule has 2 N–H and O–H groups in total. The van der Waals surface area contributed by atoms with Gasteiger partial charge in [0.15, 0.2) is 0 Å². The predicted octanol–water partition coefficient (Wildman–Crippen LogP) is 3.51. The molecule has 68 valence electrons. The molecule has 0 aliphatic rings. The van der Waals surface area contributed by atoms with Crippen molar-refractivity contribution in [3.63, 3.8) is 0 Å². The van der Waals surface area contributed by atoms with E-state index >= 15 is 0 Å². The van der Waals surface area contributed by atoms with E-state index in [1.807, 2.05) is 24.3 Å². The van der Waals surface area contributed by atoms with Gasteiger partial charge < -0.3 is 5.73 Å². The van der Waals surface area contributed by atoms with E-state index in [1.165, 1.54) is 11.3 Å². The van der Waals surface area contributed by atoms with Gasteiger partial charge in [-0.05, 0) is 36.6 Å². The van der Waals surface area contributed by atoms with Crippen LogP contribution in [0.4, 0.5) is 10.1 Å². The monoisotopic (exact) mass is 195 g/mol. The van der Waals surface area contributed by atoms with Crippen molar-refractivity contribution in [2.24, 2.45) is 0 Å². The first-order valence-electron chi connectivity index (χ1n) is 4.10. The fraction of sp³-hybridized carbons (Fsp3) is 0.200. The Kier molecular flexibility index (Phi) is 1.96. The Morgan fingerprint density at radius 3 is 2.85 bits per heavy atom. The lowest BCUT2D eigenvalue weighted by atomic mass is 10.2. The van der Waals surface area contributed by atoms with E-state index < -0.39 is 6.17 Å². The first-order chi connectivity index (χ1) is 6.16. The lowest BCUT2D eigenvalue weighted by molar-refractivity contribution is 0.380. The van der Waals surface area contributed by atoms with Crippen molar-refractivity contribution >= 4 is 27.1 Å². The molecule has 0 aliphatic carbocycles. The van der Waals surface area contributed by atoms with Crippen LogP contribution in [0.5, 0.6) is 0 Å². The number of anilines is 1. The van der Waals surface area contributed by atoms with Crippen molar-refractivity contribution in [2.75, 3.05) is 5.73 Å². The van der Waals surface area contributed by atoms with Crippen LogP contribution >= 0.6 is 11.3 Å². The molecule has 0 radical (unpaired) electrons. The van der Waals surface area contributed by atoms with Gasteiger partial charge in [-0.1, -0.05) is 0 Å². The number of nitrogen functional groups attached to an aromatic ring is 1. The highest BCUT2D eigenvalue weighted by Gasteiger charge is 2.07. The lowest BCUT2D eigenvalue weighted by Gasteiger charge is -1.91. The van der Waals surface area contributed by atoms with Crippen molar-refractivity contribution in [3.8, 4) is 0 Å². The Bertz CT molecular complexity index is 433. The molecule has 1 nitrogen and oxygen atoms in total. The largest absolute Gasteiger partial charge is 0.399 e. The molecule has 3 heteroatoms. The van der Waals surface area contributed by atoms with Crippen LogP contribution in [0.15, 0.2) is 24.3 Å². The summed E-state index contributed by atoms with van der Waals surface area (Å²) < 4.78 is 14.0. The molecule has 0 amide bonds. The quantitative estimate of drug-likeness (QED) is 0.692. The third-order valence-electron chi connectivity index (χ3n) is 1.95. The Labute approximate surface area is 80.0 Å². The minimum absolute atomic E-state index is 0.725. The number of hydrogen-bond acceptors (Lipinski definition) is 2. The second-order valence-electron chi connectivity index (χ2n) is 3.06.